The molecule has 0 aliphatic rings. The predicted molar refractivity (Wildman–Crippen MR) is 93.6 cm³/mol. The Bertz CT molecular complexity index is 539. The largest absolute Gasteiger partial charge is 0.462 e. The molecular weight excluding hydrogens is 276 g/mol. The topological polar surface area (TPSA) is 26.3 Å². The van der Waals surface area contributed by atoms with E-state index in [1.54, 1.807) is 0 Å². The maximum absolute atomic E-state index is 12.6. The van der Waals surface area contributed by atoms with Crippen LogP contribution in [0.5, 0.6) is 0 Å². The minimum absolute atomic E-state index is 0.145. The molecule has 0 atom stereocenters. The fourth-order valence-corrected chi connectivity index (χ4v) is 5.80. The van der Waals surface area contributed by atoms with Gasteiger partial charge in [0.1, 0.15) is 0 Å². The fourth-order valence-electron chi connectivity index (χ4n) is 3.48. The number of benzene rings is 1. The number of ether oxygens (including phenoxy) is 1. The molecule has 118 valence electrons. The van der Waals surface area contributed by atoms with Gasteiger partial charge in [-0.05, 0) is 61.1 Å². The molecule has 0 saturated carbocycles. The summed E-state index contributed by atoms with van der Waals surface area (Å²) in [4.78, 5) is 12.6. The maximum atomic E-state index is 12.6. The van der Waals surface area contributed by atoms with Crippen LogP contribution in [0.25, 0.3) is 0 Å². The van der Waals surface area contributed by atoms with E-state index in [2.05, 4.69) is 47.3 Å². The van der Waals surface area contributed by atoms with E-state index < -0.39 is 8.07 Å². The second-order valence-electron chi connectivity index (χ2n) is 6.63. The van der Waals surface area contributed by atoms with E-state index in [4.69, 9.17) is 4.74 Å². The second kappa shape index (κ2) is 6.78. The number of esters is 1. The molecule has 1 aromatic carbocycles. The first-order chi connectivity index (χ1) is 9.70. The lowest BCUT2D eigenvalue weighted by atomic mass is 9.89. The standard InChI is InChI=1S/C18H30O2Si/c1-9-14-12(4)16(18(19)20-11-3)17(21(6,7)8)13(5)15(14)10-2/h9-11H2,1-8H3. The van der Waals surface area contributed by atoms with E-state index in [1.165, 1.54) is 21.9 Å². The van der Waals surface area contributed by atoms with Crippen LogP contribution in [0.2, 0.25) is 19.6 Å². The van der Waals surface area contributed by atoms with Gasteiger partial charge in [0.15, 0.2) is 0 Å². The molecule has 0 aliphatic carbocycles. The molecule has 0 aliphatic heterocycles. The number of carbonyl (C=O) groups excluding carboxylic acids is 1. The van der Waals surface area contributed by atoms with Crippen LogP contribution >= 0.6 is 0 Å². The molecular formula is C18H30O2Si. The van der Waals surface area contributed by atoms with Crippen LogP contribution < -0.4 is 5.19 Å². The number of hydrogen-bond acceptors (Lipinski definition) is 2. The van der Waals surface area contributed by atoms with Crippen LogP contribution in [-0.2, 0) is 17.6 Å². The Balaban J connectivity index is 3.82. The van der Waals surface area contributed by atoms with Crippen LogP contribution in [0, 0.1) is 13.8 Å². The smallest absolute Gasteiger partial charge is 0.338 e. The van der Waals surface area contributed by atoms with Crippen molar-refractivity contribution in [3.8, 4) is 0 Å². The number of hydrogen-bond donors (Lipinski definition) is 0. The maximum Gasteiger partial charge on any atom is 0.338 e. The second-order valence-corrected chi connectivity index (χ2v) is 11.6. The lowest BCUT2D eigenvalue weighted by Gasteiger charge is -2.28. The van der Waals surface area contributed by atoms with Crippen LogP contribution in [0.4, 0.5) is 0 Å². The van der Waals surface area contributed by atoms with Crippen LogP contribution in [0.15, 0.2) is 0 Å². The summed E-state index contributed by atoms with van der Waals surface area (Å²) < 4.78 is 5.36. The first kappa shape index (κ1) is 18.0. The summed E-state index contributed by atoms with van der Waals surface area (Å²) in [7, 11) is -1.63. The summed E-state index contributed by atoms with van der Waals surface area (Å²) in [6.45, 7) is 17.9. The molecule has 3 heteroatoms. The van der Waals surface area contributed by atoms with E-state index in [0.29, 0.717) is 6.61 Å². The third kappa shape index (κ3) is 3.39. The quantitative estimate of drug-likeness (QED) is 0.603. The highest BCUT2D eigenvalue weighted by atomic mass is 28.3. The minimum atomic E-state index is -1.63. The van der Waals surface area contributed by atoms with Crippen molar-refractivity contribution in [3.05, 3.63) is 27.8 Å². The van der Waals surface area contributed by atoms with Crippen molar-refractivity contribution in [2.75, 3.05) is 6.61 Å². The molecule has 0 N–H and O–H groups in total. The molecule has 1 aromatic rings. The van der Waals surface area contributed by atoms with Crippen molar-refractivity contribution in [1.82, 2.24) is 0 Å². The Labute approximate surface area is 130 Å². The van der Waals surface area contributed by atoms with Gasteiger partial charge in [0, 0.05) is 0 Å². The van der Waals surface area contributed by atoms with Gasteiger partial charge in [-0.15, -0.1) is 0 Å². The number of carbonyl (C=O) groups is 1. The first-order valence-electron chi connectivity index (χ1n) is 8.03. The van der Waals surface area contributed by atoms with E-state index in [-0.39, 0.29) is 5.97 Å². The van der Waals surface area contributed by atoms with E-state index in [9.17, 15) is 4.79 Å². The molecule has 0 spiro atoms. The third-order valence-electron chi connectivity index (χ3n) is 4.21. The Morgan fingerprint density at radius 2 is 1.43 bits per heavy atom. The van der Waals surface area contributed by atoms with Gasteiger partial charge in [-0.3, -0.25) is 0 Å². The lowest BCUT2D eigenvalue weighted by molar-refractivity contribution is 0.0526. The Kier molecular flexibility index (Phi) is 5.80. The molecule has 0 aromatic heterocycles. The van der Waals surface area contributed by atoms with Gasteiger partial charge >= 0.3 is 5.97 Å². The third-order valence-corrected chi connectivity index (χ3v) is 6.33. The summed E-state index contributed by atoms with van der Waals surface area (Å²) in [6.07, 6.45) is 1.99. The first-order valence-corrected chi connectivity index (χ1v) is 11.5. The average Bonchev–Trinajstić information content (AvgIpc) is 2.38. The highest BCUT2D eigenvalue weighted by Crippen LogP contribution is 2.26. The Morgan fingerprint density at radius 3 is 1.81 bits per heavy atom. The van der Waals surface area contributed by atoms with Crippen LogP contribution in [-0.4, -0.2) is 20.7 Å². The Hall–Kier alpha value is -1.09. The highest BCUT2D eigenvalue weighted by Gasteiger charge is 2.30. The minimum Gasteiger partial charge on any atom is -0.462 e. The fraction of sp³-hybridized carbons (Fsp3) is 0.611. The van der Waals surface area contributed by atoms with Crippen molar-refractivity contribution in [3.63, 3.8) is 0 Å². The van der Waals surface area contributed by atoms with Gasteiger partial charge in [0.25, 0.3) is 0 Å². The zero-order chi connectivity index (χ0) is 16.4. The summed E-state index contributed by atoms with van der Waals surface area (Å²) in [5, 5.41) is 1.28. The van der Waals surface area contributed by atoms with Crippen molar-refractivity contribution < 1.29 is 9.53 Å². The molecule has 1 rings (SSSR count). The van der Waals surface area contributed by atoms with Crippen molar-refractivity contribution in [2.45, 2.75) is 67.1 Å². The van der Waals surface area contributed by atoms with Crippen molar-refractivity contribution in [1.29, 1.82) is 0 Å². The van der Waals surface area contributed by atoms with Gasteiger partial charge in [0.05, 0.1) is 20.2 Å². The van der Waals surface area contributed by atoms with Gasteiger partial charge in [-0.1, -0.05) is 33.5 Å². The zero-order valence-corrected chi connectivity index (χ0v) is 15.9. The van der Waals surface area contributed by atoms with Crippen molar-refractivity contribution in [2.24, 2.45) is 0 Å². The molecule has 0 fully saturated rings. The average molecular weight is 307 g/mol. The van der Waals surface area contributed by atoms with Gasteiger partial charge in [0.2, 0.25) is 0 Å². The molecule has 0 amide bonds. The summed E-state index contributed by atoms with van der Waals surface area (Å²) in [5.74, 6) is -0.145. The summed E-state index contributed by atoms with van der Waals surface area (Å²) >= 11 is 0. The normalized spacial score (nSPS) is 11.6. The van der Waals surface area contributed by atoms with Gasteiger partial charge in [-0.25, -0.2) is 4.79 Å². The van der Waals surface area contributed by atoms with Crippen molar-refractivity contribution >= 4 is 19.2 Å². The van der Waals surface area contributed by atoms with Gasteiger partial charge < -0.3 is 4.74 Å². The van der Waals surface area contributed by atoms with Crippen LogP contribution in [0.1, 0.15) is 53.4 Å². The van der Waals surface area contributed by atoms with E-state index in [1.807, 2.05) is 6.92 Å². The molecule has 0 bridgehead atoms. The molecule has 0 saturated heterocycles. The van der Waals surface area contributed by atoms with E-state index >= 15 is 0 Å². The summed E-state index contributed by atoms with van der Waals surface area (Å²) in [6, 6.07) is 0. The molecule has 0 unspecified atom stereocenters. The number of rotatable bonds is 5. The Morgan fingerprint density at radius 1 is 0.952 bits per heavy atom. The predicted octanol–water partition coefficient (Wildman–Crippen LogP) is 4.15. The monoisotopic (exact) mass is 306 g/mol. The molecule has 21 heavy (non-hydrogen) atoms. The molecule has 0 radical (unpaired) electrons. The molecule has 0 heterocycles. The molecule has 2 nitrogen and oxygen atoms in total. The summed E-state index contributed by atoms with van der Waals surface area (Å²) in [5.41, 5.74) is 6.07. The SMILES string of the molecule is CCOC(=O)c1c(C)c(CC)c(CC)c(C)c1[Si](C)(C)C. The van der Waals surface area contributed by atoms with Crippen LogP contribution in [0.3, 0.4) is 0 Å². The zero-order valence-electron chi connectivity index (χ0n) is 14.9. The van der Waals surface area contributed by atoms with Gasteiger partial charge in [-0.2, -0.15) is 0 Å². The van der Waals surface area contributed by atoms with E-state index in [0.717, 1.165) is 24.0 Å². The lowest BCUT2D eigenvalue weighted by Crippen LogP contribution is -2.45. The highest BCUT2D eigenvalue weighted by molar-refractivity contribution is 6.89.